The molecule has 0 bridgehead atoms. The molecule has 0 unspecified atom stereocenters. The van der Waals surface area contributed by atoms with Crippen LogP contribution >= 0.6 is 0 Å². The Kier molecular flexibility index (Phi) is 21.0. The van der Waals surface area contributed by atoms with Gasteiger partial charge in [-0.1, -0.05) is 27.7 Å². The maximum absolute atomic E-state index is 10.00. The van der Waals surface area contributed by atoms with Crippen LogP contribution in [0.4, 0.5) is 0 Å². The minimum absolute atomic E-state index is 0. The maximum Gasteiger partial charge on any atom is 2.00 e. The summed E-state index contributed by atoms with van der Waals surface area (Å²) in [5.41, 5.74) is 0. The van der Waals surface area contributed by atoms with Crippen LogP contribution in [0, 0.1) is 0 Å². The second-order valence-corrected chi connectivity index (χ2v) is 4.30. The number of rotatable bonds is 10. The van der Waals surface area contributed by atoms with Gasteiger partial charge in [-0.3, -0.25) is 0 Å². The van der Waals surface area contributed by atoms with Crippen LogP contribution in [0.3, 0.4) is 0 Å². The molecule has 0 N–H and O–H groups in total. The van der Waals surface area contributed by atoms with Crippen molar-refractivity contribution in [2.45, 2.75) is 40.5 Å². The summed E-state index contributed by atoms with van der Waals surface area (Å²) in [6.07, 6.45) is 0.281. The Morgan fingerprint density at radius 2 is 0.952 bits per heavy atom. The van der Waals surface area contributed by atoms with E-state index in [2.05, 4.69) is 9.80 Å². The zero-order valence-electron chi connectivity index (χ0n) is 13.5. The van der Waals surface area contributed by atoms with Gasteiger partial charge in [0.05, 0.1) is 0 Å². The summed E-state index contributed by atoms with van der Waals surface area (Å²) in [7, 11) is 0. The maximum atomic E-state index is 10.00. The first kappa shape index (κ1) is 25.3. The molecule has 0 atom stereocenters. The molecular formula is C14H28N2NiO4. The molecule has 0 spiro atoms. The molecule has 0 saturated heterocycles. The Hall–Kier alpha value is -0.646. The van der Waals surface area contributed by atoms with E-state index >= 15 is 0 Å². The number of nitrogens with zero attached hydrogens (tertiary/aromatic N) is 2. The van der Waals surface area contributed by atoms with E-state index in [-0.39, 0.29) is 29.3 Å². The summed E-state index contributed by atoms with van der Waals surface area (Å²) in [5, 5.41) is 20.0. The molecule has 7 heteroatoms. The predicted octanol–water partition coefficient (Wildman–Crippen LogP) is -1.07. The van der Waals surface area contributed by atoms with E-state index in [1.807, 2.05) is 27.7 Å². The monoisotopic (exact) mass is 346 g/mol. The SMILES string of the molecule is CCN(CC)CCC(=O)[O-].CCN(CC)CCC(=O)[O-].[Ni+2]. The van der Waals surface area contributed by atoms with Crippen LogP contribution < -0.4 is 10.2 Å². The Labute approximate surface area is 138 Å². The summed E-state index contributed by atoms with van der Waals surface area (Å²) in [4.78, 5) is 24.1. The predicted molar refractivity (Wildman–Crippen MR) is 74.8 cm³/mol. The molecule has 0 aliphatic heterocycles. The van der Waals surface area contributed by atoms with Crippen molar-refractivity contribution in [2.24, 2.45) is 0 Å². The molecule has 6 nitrogen and oxygen atoms in total. The minimum Gasteiger partial charge on any atom is -0.550 e. The topological polar surface area (TPSA) is 86.7 Å². The standard InChI is InChI=1S/2C7H15NO2.Ni/c2*1-3-8(4-2)6-5-7(9)10;/h2*3-6H2,1-2H3,(H,9,10);/q;;+2/p-2. The van der Waals surface area contributed by atoms with Gasteiger partial charge in [0.25, 0.3) is 0 Å². The van der Waals surface area contributed by atoms with E-state index in [1.54, 1.807) is 0 Å². The molecule has 21 heavy (non-hydrogen) atoms. The van der Waals surface area contributed by atoms with Gasteiger partial charge in [-0.15, -0.1) is 0 Å². The van der Waals surface area contributed by atoms with Crippen molar-refractivity contribution >= 4 is 11.9 Å². The van der Waals surface area contributed by atoms with Crippen LogP contribution in [0.2, 0.25) is 0 Å². The van der Waals surface area contributed by atoms with Crippen molar-refractivity contribution in [3.8, 4) is 0 Å². The van der Waals surface area contributed by atoms with Gasteiger partial charge in [0.2, 0.25) is 0 Å². The Balaban J connectivity index is -0.000000295. The van der Waals surface area contributed by atoms with Gasteiger partial charge < -0.3 is 29.6 Å². The fourth-order valence-corrected chi connectivity index (χ4v) is 1.58. The molecule has 0 aliphatic carbocycles. The second-order valence-electron chi connectivity index (χ2n) is 4.30. The molecule has 0 saturated carbocycles. The first-order valence-corrected chi connectivity index (χ1v) is 7.25. The summed E-state index contributed by atoms with van der Waals surface area (Å²) in [6, 6.07) is 0. The Bertz CT molecular complexity index is 231. The number of hydrogen-bond donors (Lipinski definition) is 0. The van der Waals surface area contributed by atoms with E-state index in [0.717, 1.165) is 26.2 Å². The first-order valence-electron chi connectivity index (χ1n) is 7.25. The summed E-state index contributed by atoms with van der Waals surface area (Å²) in [5.74, 6) is -1.93. The fourth-order valence-electron chi connectivity index (χ4n) is 1.58. The average molecular weight is 347 g/mol. The zero-order chi connectivity index (χ0) is 16.0. The first-order chi connectivity index (χ1) is 9.40. The van der Waals surface area contributed by atoms with Crippen molar-refractivity contribution in [3.63, 3.8) is 0 Å². The van der Waals surface area contributed by atoms with E-state index in [4.69, 9.17) is 0 Å². The van der Waals surface area contributed by atoms with E-state index in [0.29, 0.717) is 13.1 Å². The summed E-state index contributed by atoms with van der Waals surface area (Å²) in [6.45, 7) is 12.9. The second kappa shape index (κ2) is 17.4. The van der Waals surface area contributed by atoms with E-state index in [9.17, 15) is 19.8 Å². The normalized spacial score (nSPS) is 9.81. The third-order valence-electron chi connectivity index (χ3n) is 3.05. The van der Waals surface area contributed by atoms with Crippen LogP contribution in [0.5, 0.6) is 0 Å². The number of hydrogen-bond acceptors (Lipinski definition) is 6. The number of carboxylic acids is 2. The van der Waals surface area contributed by atoms with Gasteiger partial charge in [0.15, 0.2) is 0 Å². The molecule has 0 rings (SSSR count). The van der Waals surface area contributed by atoms with Crippen LogP contribution in [0.1, 0.15) is 40.5 Å². The molecule has 0 fully saturated rings. The molecule has 0 aliphatic rings. The van der Waals surface area contributed by atoms with Crippen LogP contribution in [0.25, 0.3) is 0 Å². The van der Waals surface area contributed by atoms with E-state index < -0.39 is 11.9 Å². The Morgan fingerprint density at radius 3 is 1.10 bits per heavy atom. The number of carbonyl (C=O) groups is 2. The third-order valence-corrected chi connectivity index (χ3v) is 3.05. The van der Waals surface area contributed by atoms with Crippen molar-refractivity contribution in [2.75, 3.05) is 39.3 Å². The van der Waals surface area contributed by atoms with Gasteiger partial charge in [-0.2, -0.15) is 0 Å². The Morgan fingerprint density at radius 1 is 0.714 bits per heavy atom. The van der Waals surface area contributed by atoms with Gasteiger partial charge in [0, 0.05) is 25.0 Å². The van der Waals surface area contributed by atoms with Crippen LogP contribution in [0.15, 0.2) is 0 Å². The number of carboxylic acid groups (broad SMARTS) is 2. The van der Waals surface area contributed by atoms with Gasteiger partial charge >= 0.3 is 16.5 Å². The van der Waals surface area contributed by atoms with Gasteiger partial charge in [-0.25, -0.2) is 0 Å². The zero-order valence-corrected chi connectivity index (χ0v) is 14.5. The molecule has 0 radical (unpaired) electrons. The van der Waals surface area contributed by atoms with Gasteiger partial charge in [-0.05, 0) is 39.0 Å². The average Bonchev–Trinajstić information content (AvgIpc) is 2.41. The molecule has 0 amide bonds. The van der Waals surface area contributed by atoms with Crippen LogP contribution in [-0.2, 0) is 26.1 Å². The molecule has 0 aromatic heterocycles. The van der Waals surface area contributed by atoms with Crippen molar-refractivity contribution in [1.29, 1.82) is 0 Å². The van der Waals surface area contributed by atoms with Crippen LogP contribution in [-0.4, -0.2) is 61.0 Å². The molecular weight excluding hydrogens is 319 g/mol. The third kappa shape index (κ3) is 19.4. The number of carbonyl (C=O) groups excluding carboxylic acids is 2. The van der Waals surface area contributed by atoms with Crippen molar-refractivity contribution in [1.82, 2.24) is 9.80 Å². The molecule has 0 aromatic carbocycles. The smallest absolute Gasteiger partial charge is 0.550 e. The van der Waals surface area contributed by atoms with Crippen molar-refractivity contribution in [3.05, 3.63) is 0 Å². The molecule has 0 aromatic rings. The largest absolute Gasteiger partial charge is 2.00 e. The summed E-state index contributed by atoms with van der Waals surface area (Å²) >= 11 is 0. The summed E-state index contributed by atoms with van der Waals surface area (Å²) < 4.78 is 0. The van der Waals surface area contributed by atoms with E-state index in [1.165, 1.54) is 0 Å². The molecule has 0 heterocycles. The van der Waals surface area contributed by atoms with Crippen molar-refractivity contribution < 1.29 is 36.3 Å². The number of aliphatic carboxylic acids is 2. The minimum atomic E-state index is -0.966. The molecule has 128 valence electrons. The quantitative estimate of drug-likeness (QED) is 0.468. The fraction of sp³-hybridized carbons (Fsp3) is 0.857. The van der Waals surface area contributed by atoms with Gasteiger partial charge in [0.1, 0.15) is 0 Å².